The quantitative estimate of drug-likeness (QED) is 0.818. The third-order valence-corrected chi connectivity index (χ3v) is 4.55. The molecule has 26 heavy (non-hydrogen) atoms. The van der Waals surface area contributed by atoms with Crippen molar-refractivity contribution in [1.82, 2.24) is 10.3 Å². The average molecular weight is 352 g/mol. The van der Waals surface area contributed by atoms with E-state index >= 15 is 0 Å². The van der Waals surface area contributed by atoms with Crippen LogP contribution >= 0.6 is 0 Å². The molecule has 3 rings (SSSR count). The third kappa shape index (κ3) is 4.97. The van der Waals surface area contributed by atoms with Crippen LogP contribution in [0.4, 0.5) is 17.1 Å². The molecule has 5 heteroatoms. The van der Waals surface area contributed by atoms with Crippen molar-refractivity contribution in [2.75, 3.05) is 29.9 Å². The number of aromatic nitrogens is 1. The fourth-order valence-corrected chi connectivity index (χ4v) is 3.11. The van der Waals surface area contributed by atoms with E-state index in [2.05, 4.69) is 58.6 Å². The number of benzene rings is 1. The lowest BCUT2D eigenvalue weighted by Crippen LogP contribution is -2.29. The highest BCUT2D eigenvalue weighted by Gasteiger charge is 2.11. The smallest absolute Gasteiger partial charge is 0.252 e. The van der Waals surface area contributed by atoms with Gasteiger partial charge in [0, 0.05) is 37.2 Å². The van der Waals surface area contributed by atoms with Crippen LogP contribution in [0.1, 0.15) is 43.5 Å². The number of carbonyl (C=O) groups excluding carboxylic acids is 1. The second kappa shape index (κ2) is 8.70. The van der Waals surface area contributed by atoms with Crippen molar-refractivity contribution in [3.8, 4) is 0 Å². The van der Waals surface area contributed by atoms with Gasteiger partial charge < -0.3 is 15.5 Å². The van der Waals surface area contributed by atoms with E-state index in [9.17, 15) is 4.79 Å². The van der Waals surface area contributed by atoms with Crippen LogP contribution in [-0.4, -0.2) is 30.5 Å². The van der Waals surface area contributed by atoms with Gasteiger partial charge in [-0.1, -0.05) is 13.8 Å². The van der Waals surface area contributed by atoms with Gasteiger partial charge in [-0.3, -0.25) is 9.78 Å². The summed E-state index contributed by atoms with van der Waals surface area (Å²) in [5.74, 6) is 0.335. The standard InChI is InChI=1S/C21H28N4O/c1-16(2)13-23-21(26)17-12-19(15-22-14-17)24-18-6-8-20(9-7-18)25-10-4-3-5-11-25/h6-9,12,14-16,24H,3-5,10-11,13H2,1-2H3,(H,23,26). The first-order valence-corrected chi connectivity index (χ1v) is 9.47. The Bertz CT molecular complexity index is 721. The molecule has 0 radical (unpaired) electrons. The zero-order chi connectivity index (χ0) is 18.4. The van der Waals surface area contributed by atoms with Crippen molar-refractivity contribution < 1.29 is 4.79 Å². The van der Waals surface area contributed by atoms with E-state index in [0.717, 1.165) is 24.5 Å². The maximum Gasteiger partial charge on any atom is 0.252 e. The maximum atomic E-state index is 12.2. The topological polar surface area (TPSA) is 57.3 Å². The summed E-state index contributed by atoms with van der Waals surface area (Å²) in [4.78, 5) is 18.8. The first kappa shape index (κ1) is 18.2. The molecule has 1 aromatic carbocycles. The summed E-state index contributed by atoms with van der Waals surface area (Å²) in [6.45, 7) is 7.09. The van der Waals surface area contributed by atoms with Gasteiger partial charge in [0.05, 0.1) is 17.4 Å². The summed E-state index contributed by atoms with van der Waals surface area (Å²) in [7, 11) is 0. The fraction of sp³-hybridized carbons (Fsp3) is 0.429. The van der Waals surface area contributed by atoms with Gasteiger partial charge in [-0.05, 0) is 55.5 Å². The highest BCUT2D eigenvalue weighted by atomic mass is 16.1. The largest absolute Gasteiger partial charge is 0.372 e. The molecule has 0 aliphatic carbocycles. The molecule has 0 bridgehead atoms. The Morgan fingerprint density at radius 3 is 2.50 bits per heavy atom. The van der Waals surface area contributed by atoms with Crippen molar-refractivity contribution in [2.45, 2.75) is 33.1 Å². The van der Waals surface area contributed by atoms with Crippen molar-refractivity contribution in [3.63, 3.8) is 0 Å². The van der Waals surface area contributed by atoms with Crippen LogP contribution in [0.3, 0.4) is 0 Å². The molecule has 1 aromatic heterocycles. The number of hydrogen-bond acceptors (Lipinski definition) is 4. The molecule has 2 heterocycles. The lowest BCUT2D eigenvalue weighted by Gasteiger charge is -2.28. The number of rotatable bonds is 6. The van der Waals surface area contributed by atoms with Crippen LogP contribution in [-0.2, 0) is 0 Å². The molecular formula is C21H28N4O. The monoisotopic (exact) mass is 352 g/mol. The minimum atomic E-state index is -0.0877. The van der Waals surface area contributed by atoms with E-state index in [1.807, 2.05) is 6.07 Å². The van der Waals surface area contributed by atoms with Gasteiger partial charge in [0.1, 0.15) is 0 Å². The van der Waals surface area contributed by atoms with Crippen LogP contribution < -0.4 is 15.5 Å². The molecule has 0 spiro atoms. The summed E-state index contributed by atoms with van der Waals surface area (Å²) in [5, 5.41) is 6.25. The molecule has 0 unspecified atom stereocenters. The number of amides is 1. The van der Waals surface area contributed by atoms with Gasteiger partial charge in [0.15, 0.2) is 0 Å². The Kier molecular flexibility index (Phi) is 6.10. The van der Waals surface area contributed by atoms with E-state index in [1.165, 1.54) is 24.9 Å². The molecule has 1 amide bonds. The Morgan fingerprint density at radius 2 is 1.81 bits per heavy atom. The van der Waals surface area contributed by atoms with Gasteiger partial charge in [-0.25, -0.2) is 0 Å². The van der Waals surface area contributed by atoms with Crippen LogP contribution in [0, 0.1) is 5.92 Å². The molecule has 5 nitrogen and oxygen atoms in total. The second-order valence-corrected chi connectivity index (χ2v) is 7.29. The van der Waals surface area contributed by atoms with Crippen LogP contribution in [0.25, 0.3) is 0 Å². The number of piperidine rings is 1. The predicted molar refractivity (Wildman–Crippen MR) is 107 cm³/mol. The molecular weight excluding hydrogens is 324 g/mol. The van der Waals surface area contributed by atoms with Crippen molar-refractivity contribution in [1.29, 1.82) is 0 Å². The zero-order valence-electron chi connectivity index (χ0n) is 15.7. The average Bonchev–Trinajstić information content (AvgIpc) is 2.67. The molecule has 0 atom stereocenters. The van der Waals surface area contributed by atoms with E-state index in [1.54, 1.807) is 12.4 Å². The number of carbonyl (C=O) groups is 1. The van der Waals surface area contributed by atoms with Crippen LogP contribution in [0.2, 0.25) is 0 Å². The lowest BCUT2D eigenvalue weighted by molar-refractivity contribution is 0.0948. The fourth-order valence-electron chi connectivity index (χ4n) is 3.11. The summed E-state index contributed by atoms with van der Waals surface area (Å²) in [6.07, 6.45) is 7.22. The van der Waals surface area contributed by atoms with Crippen LogP contribution in [0.5, 0.6) is 0 Å². The predicted octanol–water partition coefficient (Wildman–Crippen LogP) is 4.20. The van der Waals surface area contributed by atoms with Gasteiger partial charge in [-0.15, -0.1) is 0 Å². The van der Waals surface area contributed by atoms with Gasteiger partial charge in [0.25, 0.3) is 5.91 Å². The van der Waals surface area contributed by atoms with Gasteiger partial charge in [0.2, 0.25) is 0 Å². The van der Waals surface area contributed by atoms with Gasteiger partial charge in [-0.2, -0.15) is 0 Å². The van der Waals surface area contributed by atoms with E-state index in [4.69, 9.17) is 0 Å². The number of pyridine rings is 1. The van der Waals surface area contributed by atoms with E-state index < -0.39 is 0 Å². The summed E-state index contributed by atoms with van der Waals surface area (Å²) >= 11 is 0. The molecule has 138 valence electrons. The van der Waals surface area contributed by atoms with E-state index in [0.29, 0.717) is 18.0 Å². The number of nitrogens with one attached hydrogen (secondary N) is 2. The number of hydrogen-bond donors (Lipinski definition) is 2. The second-order valence-electron chi connectivity index (χ2n) is 7.29. The highest BCUT2D eigenvalue weighted by molar-refractivity contribution is 5.94. The van der Waals surface area contributed by atoms with E-state index in [-0.39, 0.29) is 5.91 Å². The Morgan fingerprint density at radius 1 is 1.08 bits per heavy atom. The third-order valence-electron chi connectivity index (χ3n) is 4.55. The minimum Gasteiger partial charge on any atom is -0.372 e. The molecule has 0 saturated carbocycles. The highest BCUT2D eigenvalue weighted by Crippen LogP contribution is 2.23. The van der Waals surface area contributed by atoms with Crippen molar-refractivity contribution in [3.05, 3.63) is 48.3 Å². The summed E-state index contributed by atoms with van der Waals surface area (Å²) in [6, 6.07) is 10.3. The molecule has 2 aromatic rings. The molecule has 1 aliphatic heterocycles. The summed E-state index contributed by atoms with van der Waals surface area (Å²) in [5.41, 5.74) is 3.65. The molecule has 1 saturated heterocycles. The maximum absolute atomic E-state index is 12.2. The Hall–Kier alpha value is -2.56. The van der Waals surface area contributed by atoms with Crippen LogP contribution in [0.15, 0.2) is 42.7 Å². The molecule has 1 fully saturated rings. The molecule has 2 N–H and O–H groups in total. The summed E-state index contributed by atoms with van der Waals surface area (Å²) < 4.78 is 0. The Labute approximate surface area is 155 Å². The number of nitrogens with zero attached hydrogens (tertiary/aromatic N) is 2. The first-order valence-electron chi connectivity index (χ1n) is 9.47. The zero-order valence-corrected chi connectivity index (χ0v) is 15.7. The first-order chi connectivity index (χ1) is 12.6. The van der Waals surface area contributed by atoms with Crippen molar-refractivity contribution in [2.24, 2.45) is 5.92 Å². The lowest BCUT2D eigenvalue weighted by atomic mass is 10.1. The SMILES string of the molecule is CC(C)CNC(=O)c1cncc(Nc2ccc(N3CCCCC3)cc2)c1. The molecule has 1 aliphatic rings. The number of anilines is 3. The van der Waals surface area contributed by atoms with Gasteiger partial charge >= 0.3 is 0 Å². The minimum absolute atomic E-state index is 0.0877. The Balaban J connectivity index is 1.63. The van der Waals surface area contributed by atoms with Crippen molar-refractivity contribution >= 4 is 23.0 Å². The normalized spacial score (nSPS) is 14.3.